The zero-order chi connectivity index (χ0) is 13.1. The van der Waals surface area contributed by atoms with Gasteiger partial charge in [-0.3, -0.25) is 5.84 Å². The minimum absolute atomic E-state index is 0.389. The summed E-state index contributed by atoms with van der Waals surface area (Å²) >= 11 is 0. The fourth-order valence-corrected chi connectivity index (χ4v) is 1.83. The summed E-state index contributed by atoms with van der Waals surface area (Å²) < 4.78 is 20.7. The van der Waals surface area contributed by atoms with Crippen molar-refractivity contribution in [2.45, 2.75) is 6.04 Å². The minimum Gasteiger partial charge on any atom is -0.497 e. The van der Waals surface area contributed by atoms with Crippen LogP contribution in [-0.2, 0) is 7.05 Å². The van der Waals surface area contributed by atoms with Crippen LogP contribution in [0, 0.1) is 5.82 Å². The van der Waals surface area contributed by atoms with Crippen LogP contribution in [0.1, 0.15) is 17.4 Å². The number of nitrogens with two attached hydrogens (primary N) is 1. The Morgan fingerprint density at radius 1 is 1.50 bits per heavy atom. The van der Waals surface area contributed by atoms with Crippen LogP contribution in [0.15, 0.2) is 30.6 Å². The molecule has 1 unspecified atom stereocenters. The number of benzene rings is 1. The van der Waals surface area contributed by atoms with Crippen LogP contribution < -0.4 is 16.0 Å². The van der Waals surface area contributed by atoms with Crippen LogP contribution in [0.3, 0.4) is 0 Å². The number of rotatable bonds is 4. The topological polar surface area (TPSA) is 65.1 Å². The van der Waals surface area contributed by atoms with Gasteiger partial charge in [0, 0.05) is 31.1 Å². The number of hydrazine groups is 1. The second-order valence-electron chi connectivity index (χ2n) is 3.88. The third-order valence-corrected chi connectivity index (χ3v) is 2.80. The molecule has 1 aromatic heterocycles. The Kier molecular flexibility index (Phi) is 3.59. The van der Waals surface area contributed by atoms with Gasteiger partial charge in [-0.15, -0.1) is 0 Å². The predicted octanol–water partition coefficient (Wildman–Crippen LogP) is 1.12. The molecule has 0 aliphatic carbocycles. The van der Waals surface area contributed by atoms with Crippen molar-refractivity contribution in [1.29, 1.82) is 0 Å². The van der Waals surface area contributed by atoms with Gasteiger partial charge < -0.3 is 9.30 Å². The lowest BCUT2D eigenvalue weighted by atomic mass is 10.1. The van der Waals surface area contributed by atoms with E-state index in [1.165, 1.54) is 13.2 Å². The monoisotopic (exact) mass is 250 g/mol. The van der Waals surface area contributed by atoms with Crippen LogP contribution in [0.25, 0.3) is 0 Å². The maximum atomic E-state index is 14.0. The van der Waals surface area contributed by atoms with Gasteiger partial charge in [0.1, 0.15) is 23.4 Å². The van der Waals surface area contributed by atoms with Gasteiger partial charge in [-0.05, 0) is 6.07 Å². The van der Waals surface area contributed by atoms with Crippen molar-refractivity contribution in [2.75, 3.05) is 7.11 Å². The van der Waals surface area contributed by atoms with E-state index in [2.05, 4.69) is 10.4 Å². The van der Waals surface area contributed by atoms with Crippen molar-refractivity contribution < 1.29 is 9.13 Å². The molecular weight excluding hydrogens is 235 g/mol. The second kappa shape index (κ2) is 5.16. The molecule has 0 radical (unpaired) electrons. The molecule has 18 heavy (non-hydrogen) atoms. The summed E-state index contributed by atoms with van der Waals surface area (Å²) in [5.74, 6) is 6.22. The highest BCUT2D eigenvalue weighted by molar-refractivity contribution is 5.33. The van der Waals surface area contributed by atoms with Crippen LogP contribution in [-0.4, -0.2) is 16.7 Å². The maximum absolute atomic E-state index is 14.0. The van der Waals surface area contributed by atoms with E-state index in [4.69, 9.17) is 10.6 Å². The quantitative estimate of drug-likeness (QED) is 0.630. The lowest BCUT2D eigenvalue weighted by Crippen LogP contribution is -2.31. The number of nitrogens with one attached hydrogen (secondary N) is 1. The number of aryl methyl sites for hydroxylation is 1. The highest BCUT2D eigenvalue weighted by atomic mass is 19.1. The fraction of sp³-hybridized carbons (Fsp3) is 0.250. The largest absolute Gasteiger partial charge is 0.497 e. The van der Waals surface area contributed by atoms with E-state index in [0.717, 1.165) is 0 Å². The lowest BCUT2D eigenvalue weighted by molar-refractivity contribution is 0.409. The highest BCUT2D eigenvalue weighted by Gasteiger charge is 2.20. The summed E-state index contributed by atoms with van der Waals surface area (Å²) in [7, 11) is 3.32. The fourth-order valence-electron chi connectivity index (χ4n) is 1.83. The van der Waals surface area contributed by atoms with Crippen LogP contribution >= 0.6 is 0 Å². The van der Waals surface area contributed by atoms with Gasteiger partial charge in [0.15, 0.2) is 0 Å². The van der Waals surface area contributed by atoms with E-state index >= 15 is 0 Å². The number of halogens is 1. The van der Waals surface area contributed by atoms with E-state index in [9.17, 15) is 4.39 Å². The Morgan fingerprint density at radius 2 is 2.28 bits per heavy atom. The minimum atomic E-state index is -0.504. The van der Waals surface area contributed by atoms with E-state index in [-0.39, 0.29) is 5.82 Å². The molecule has 2 aromatic rings. The Hall–Kier alpha value is -1.92. The van der Waals surface area contributed by atoms with Crippen molar-refractivity contribution in [3.63, 3.8) is 0 Å². The number of methoxy groups -OCH3 is 1. The number of hydrogen-bond donors (Lipinski definition) is 2. The Bertz CT molecular complexity index is 541. The second-order valence-corrected chi connectivity index (χ2v) is 3.88. The number of hydrogen-bond acceptors (Lipinski definition) is 4. The lowest BCUT2D eigenvalue weighted by Gasteiger charge is -2.17. The maximum Gasteiger partial charge on any atom is 0.132 e. The smallest absolute Gasteiger partial charge is 0.132 e. The van der Waals surface area contributed by atoms with Crippen molar-refractivity contribution in [3.8, 4) is 5.75 Å². The Morgan fingerprint density at radius 3 is 2.78 bits per heavy atom. The predicted molar refractivity (Wildman–Crippen MR) is 65.3 cm³/mol. The van der Waals surface area contributed by atoms with Gasteiger partial charge in [-0.2, -0.15) is 0 Å². The molecule has 96 valence electrons. The number of nitrogens with zero attached hydrogens (tertiary/aromatic N) is 2. The summed E-state index contributed by atoms with van der Waals surface area (Å²) in [6, 6.07) is 4.14. The van der Waals surface area contributed by atoms with Crippen molar-refractivity contribution in [3.05, 3.63) is 47.8 Å². The highest BCUT2D eigenvalue weighted by Crippen LogP contribution is 2.25. The molecule has 0 saturated carbocycles. The van der Waals surface area contributed by atoms with Gasteiger partial charge in [-0.25, -0.2) is 14.8 Å². The molecule has 3 N–H and O–H groups in total. The van der Waals surface area contributed by atoms with Gasteiger partial charge in [0.25, 0.3) is 0 Å². The van der Waals surface area contributed by atoms with Gasteiger partial charge in [-0.1, -0.05) is 6.07 Å². The molecular formula is C12H15FN4O. The molecule has 2 rings (SSSR count). The molecule has 0 bridgehead atoms. The summed E-state index contributed by atoms with van der Waals surface area (Å²) in [4.78, 5) is 4.17. The van der Waals surface area contributed by atoms with Crippen LogP contribution in [0.4, 0.5) is 4.39 Å². The summed E-state index contributed by atoms with van der Waals surface area (Å²) in [5, 5.41) is 0. The zero-order valence-electron chi connectivity index (χ0n) is 10.2. The molecule has 1 atom stereocenters. The van der Waals surface area contributed by atoms with E-state index < -0.39 is 6.04 Å². The zero-order valence-corrected chi connectivity index (χ0v) is 10.2. The summed E-state index contributed by atoms with van der Waals surface area (Å²) in [6.45, 7) is 0. The molecule has 6 heteroatoms. The number of imidazole rings is 1. The van der Waals surface area contributed by atoms with Crippen LogP contribution in [0.5, 0.6) is 5.75 Å². The molecule has 0 aliphatic rings. The summed E-state index contributed by atoms with van der Waals surface area (Å²) in [5.41, 5.74) is 3.00. The molecule has 0 aliphatic heterocycles. The SMILES string of the molecule is COc1ccc(C(NN)c2nccn2C)c(F)c1. The average Bonchev–Trinajstić information content (AvgIpc) is 2.78. The van der Waals surface area contributed by atoms with Crippen molar-refractivity contribution in [2.24, 2.45) is 12.9 Å². The molecule has 1 heterocycles. The Balaban J connectivity index is 2.42. The average molecular weight is 250 g/mol. The van der Waals surface area contributed by atoms with Crippen molar-refractivity contribution in [1.82, 2.24) is 15.0 Å². The third-order valence-electron chi connectivity index (χ3n) is 2.80. The van der Waals surface area contributed by atoms with Gasteiger partial charge in [0.05, 0.1) is 7.11 Å². The molecule has 5 nitrogen and oxygen atoms in total. The van der Waals surface area contributed by atoms with E-state index in [1.54, 1.807) is 29.1 Å². The first-order valence-corrected chi connectivity index (χ1v) is 5.44. The van der Waals surface area contributed by atoms with Gasteiger partial charge >= 0.3 is 0 Å². The number of ether oxygens (including phenoxy) is 1. The molecule has 1 aromatic carbocycles. The van der Waals surface area contributed by atoms with Gasteiger partial charge in [0.2, 0.25) is 0 Å². The van der Waals surface area contributed by atoms with E-state index in [1.807, 2.05) is 7.05 Å². The first-order valence-electron chi connectivity index (χ1n) is 5.44. The third kappa shape index (κ3) is 2.20. The first-order chi connectivity index (χ1) is 8.67. The summed E-state index contributed by atoms with van der Waals surface area (Å²) in [6.07, 6.45) is 3.42. The standard InChI is InChI=1S/C12H15FN4O/c1-17-6-5-15-12(17)11(16-14)9-4-3-8(18-2)7-10(9)13/h3-7,11,16H,14H2,1-2H3. The molecule has 0 spiro atoms. The molecule has 0 saturated heterocycles. The van der Waals surface area contributed by atoms with Crippen LogP contribution in [0.2, 0.25) is 0 Å². The van der Waals surface area contributed by atoms with Crippen molar-refractivity contribution >= 4 is 0 Å². The Labute approximate surface area is 104 Å². The first kappa shape index (κ1) is 12.5. The van der Waals surface area contributed by atoms with E-state index in [0.29, 0.717) is 17.1 Å². The molecule has 0 fully saturated rings. The molecule has 0 amide bonds. The number of aromatic nitrogens is 2. The normalized spacial score (nSPS) is 12.4.